The minimum Gasteiger partial charge on any atom is -0.392 e. The van der Waals surface area contributed by atoms with Crippen molar-refractivity contribution < 1.29 is 24.5 Å². The van der Waals surface area contributed by atoms with Crippen LogP contribution in [0.5, 0.6) is 0 Å². The lowest BCUT2D eigenvalue weighted by Crippen LogP contribution is -2.60. The van der Waals surface area contributed by atoms with Gasteiger partial charge in [-0.05, 0) is 99.1 Å². The topological polar surface area (TPSA) is 103 Å². The van der Waals surface area contributed by atoms with Crippen LogP contribution >= 0.6 is 0 Å². The van der Waals surface area contributed by atoms with E-state index in [0.717, 1.165) is 59.3 Å². The number of amides is 2. The molecule has 6 unspecified atom stereocenters. The SMILES string of the molecule is CC1C(CN(C)C(C)C(O)c2ccccc2)OC(c2cccc(NC(=O)NC34CC5CC(CC(C5)C3)C4)c2)OC1c1ccc(CO)cc1. The van der Waals surface area contributed by atoms with Crippen molar-refractivity contribution in [2.75, 3.05) is 18.9 Å². The number of carbonyl (C=O) groups excluding carboxylic acids is 1. The van der Waals surface area contributed by atoms with Crippen LogP contribution in [0.4, 0.5) is 10.5 Å². The van der Waals surface area contributed by atoms with Crippen molar-refractivity contribution in [2.24, 2.45) is 23.7 Å². The molecule has 1 aliphatic heterocycles. The van der Waals surface area contributed by atoms with Crippen LogP contribution in [0.15, 0.2) is 78.9 Å². The summed E-state index contributed by atoms with van der Waals surface area (Å²) >= 11 is 0. The van der Waals surface area contributed by atoms with E-state index in [9.17, 15) is 15.0 Å². The highest BCUT2D eigenvalue weighted by Gasteiger charge is 2.51. The maximum atomic E-state index is 13.4. The lowest BCUT2D eigenvalue weighted by molar-refractivity contribution is -0.276. The van der Waals surface area contributed by atoms with E-state index in [0.29, 0.717) is 12.2 Å². The van der Waals surface area contributed by atoms with E-state index in [-0.39, 0.29) is 42.3 Å². The lowest BCUT2D eigenvalue weighted by Gasteiger charge is -2.56. The Labute approximate surface area is 284 Å². The fourth-order valence-electron chi connectivity index (χ4n) is 9.38. The number of carbonyl (C=O) groups is 1. The molecule has 48 heavy (non-hydrogen) atoms. The van der Waals surface area contributed by atoms with Crippen molar-refractivity contribution in [2.45, 2.75) is 95.2 Å². The van der Waals surface area contributed by atoms with Crippen molar-refractivity contribution in [3.8, 4) is 0 Å². The monoisotopic (exact) mass is 653 g/mol. The van der Waals surface area contributed by atoms with Gasteiger partial charge >= 0.3 is 6.03 Å². The van der Waals surface area contributed by atoms with Crippen molar-refractivity contribution in [3.63, 3.8) is 0 Å². The molecule has 4 saturated carbocycles. The first-order chi connectivity index (χ1) is 23.2. The fraction of sp³-hybridized carbons (Fsp3) is 0.525. The van der Waals surface area contributed by atoms with Gasteiger partial charge in [-0.15, -0.1) is 0 Å². The molecule has 4 aliphatic carbocycles. The van der Waals surface area contributed by atoms with Crippen molar-refractivity contribution in [1.29, 1.82) is 0 Å². The Morgan fingerprint density at radius 1 is 0.917 bits per heavy atom. The predicted octanol–water partition coefficient (Wildman–Crippen LogP) is 7.11. The molecular weight excluding hydrogens is 602 g/mol. The lowest BCUT2D eigenvalue weighted by atomic mass is 9.53. The molecule has 3 aromatic rings. The first-order valence-corrected chi connectivity index (χ1v) is 17.8. The number of benzene rings is 3. The van der Waals surface area contributed by atoms with Gasteiger partial charge in [0, 0.05) is 35.3 Å². The number of aliphatic hydroxyl groups is 2. The van der Waals surface area contributed by atoms with Crippen LogP contribution in [-0.2, 0) is 16.1 Å². The standard InChI is InChI=1S/C40H51N3O5/c1-25-35(23-43(3)26(2)36(45)31-8-5-4-6-9-31)47-38(48-37(25)32-14-12-27(24-44)13-15-32)33-10-7-11-34(19-33)41-39(46)42-40-20-28-16-29(21-40)18-30(17-28)22-40/h4-15,19,25-26,28-30,35-38,44-45H,16-18,20-24H2,1-3H3,(H2,41,42,46). The van der Waals surface area contributed by atoms with Gasteiger partial charge < -0.3 is 30.3 Å². The third-order valence-electron chi connectivity index (χ3n) is 11.7. The van der Waals surface area contributed by atoms with Gasteiger partial charge in [0.15, 0.2) is 6.29 Å². The van der Waals surface area contributed by atoms with Crippen LogP contribution in [0, 0.1) is 23.7 Å². The third-order valence-corrected chi connectivity index (χ3v) is 11.7. The van der Waals surface area contributed by atoms with E-state index in [1.165, 1.54) is 19.3 Å². The molecule has 1 saturated heterocycles. The molecule has 0 spiro atoms. The molecule has 0 radical (unpaired) electrons. The molecule has 4 bridgehead atoms. The molecule has 8 heteroatoms. The molecule has 3 aromatic carbocycles. The summed E-state index contributed by atoms with van der Waals surface area (Å²) in [6, 6.07) is 25.2. The second-order valence-electron chi connectivity index (χ2n) is 15.3. The second-order valence-corrected chi connectivity index (χ2v) is 15.3. The molecule has 2 amide bonds. The van der Waals surface area contributed by atoms with Gasteiger partial charge in [0.05, 0.1) is 24.9 Å². The average Bonchev–Trinajstić information content (AvgIpc) is 3.08. The summed E-state index contributed by atoms with van der Waals surface area (Å²) in [6.07, 6.45) is 5.53. The van der Waals surface area contributed by atoms with Crippen LogP contribution in [0.2, 0.25) is 0 Å². The Hall–Kier alpha value is -3.27. The Bertz CT molecular complexity index is 1510. The number of anilines is 1. The van der Waals surface area contributed by atoms with Gasteiger partial charge in [-0.25, -0.2) is 4.79 Å². The molecule has 8 nitrogen and oxygen atoms in total. The van der Waals surface area contributed by atoms with E-state index in [1.807, 2.05) is 92.8 Å². The van der Waals surface area contributed by atoms with Gasteiger partial charge in [-0.2, -0.15) is 0 Å². The van der Waals surface area contributed by atoms with Gasteiger partial charge in [-0.3, -0.25) is 4.90 Å². The average molecular weight is 654 g/mol. The molecule has 256 valence electrons. The molecule has 5 fully saturated rings. The Morgan fingerprint density at radius 3 is 2.23 bits per heavy atom. The highest BCUT2D eigenvalue weighted by Crippen LogP contribution is 2.55. The number of hydrogen-bond acceptors (Lipinski definition) is 6. The highest BCUT2D eigenvalue weighted by molar-refractivity contribution is 5.90. The number of ether oxygens (including phenoxy) is 2. The first-order valence-electron chi connectivity index (χ1n) is 17.8. The summed E-state index contributed by atoms with van der Waals surface area (Å²) in [7, 11) is 2.02. The van der Waals surface area contributed by atoms with E-state index >= 15 is 0 Å². The zero-order valence-corrected chi connectivity index (χ0v) is 28.4. The fourth-order valence-corrected chi connectivity index (χ4v) is 9.38. The van der Waals surface area contributed by atoms with E-state index in [4.69, 9.17) is 9.47 Å². The van der Waals surface area contributed by atoms with Crippen LogP contribution in [0.1, 0.15) is 93.1 Å². The minimum absolute atomic E-state index is 0.00268. The van der Waals surface area contributed by atoms with Gasteiger partial charge in [0.25, 0.3) is 0 Å². The Balaban J connectivity index is 1.08. The van der Waals surface area contributed by atoms with Crippen molar-refractivity contribution >= 4 is 11.7 Å². The van der Waals surface area contributed by atoms with Crippen molar-refractivity contribution in [1.82, 2.24) is 10.2 Å². The molecule has 8 rings (SSSR count). The third kappa shape index (κ3) is 7.05. The molecule has 4 N–H and O–H groups in total. The maximum absolute atomic E-state index is 13.4. The number of hydrogen-bond donors (Lipinski definition) is 4. The normalized spacial score (nSPS) is 32.2. The van der Waals surface area contributed by atoms with E-state index in [2.05, 4.69) is 22.5 Å². The number of likely N-dealkylation sites (N-methyl/N-ethyl adjacent to an activating group) is 1. The second kappa shape index (κ2) is 13.9. The zero-order valence-electron chi connectivity index (χ0n) is 28.4. The summed E-state index contributed by atoms with van der Waals surface area (Å²) in [5.41, 5.74) is 4.22. The summed E-state index contributed by atoms with van der Waals surface area (Å²) in [5, 5.41) is 27.3. The number of aliphatic hydroxyl groups excluding tert-OH is 2. The van der Waals surface area contributed by atoms with E-state index in [1.54, 1.807) is 0 Å². The highest BCUT2D eigenvalue weighted by atomic mass is 16.7. The summed E-state index contributed by atoms with van der Waals surface area (Å²) in [4.78, 5) is 15.5. The molecule has 6 atom stereocenters. The number of urea groups is 1. The molecule has 0 aromatic heterocycles. The van der Waals surface area contributed by atoms with Gasteiger partial charge in [0.2, 0.25) is 0 Å². The van der Waals surface area contributed by atoms with Crippen LogP contribution in [0.25, 0.3) is 0 Å². The van der Waals surface area contributed by atoms with Crippen LogP contribution < -0.4 is 10.6 Å². The van der Waals surface area contributed by atoms with E-state index < -0.39 is 12.4 Å². The minimum atomic E-state index is -0.663. The predicted molar refractivity (Wildman–Crippen MR) is 186 cm³/mol. The smallest absolute Gasteiger partial charge is 0.319 e. The zero-order chi connectivity index (χ0) is 33.4. The summed E-state index contributed by atoms with van der Waals surface area (Å²) in [5.74, 6) is 2.27. The van der Waals surface area contributed by atoms with Crippen LogP contribution in [0.3, 0.4) is 0 Å². The molecule has 5 aliphatic rings. The van der Waals surface area contributed by atoms with Gasteiger partial charge in [0.1, 0.15) is 0 Å². The largest absolute Gasteiger partial charge is 0.392 e. The summed E-state index contributed by atoms with van der Waals surface area (Å²) in [6.45, 7) is 4.75. The summed E-state index contributed by atoms with van der Waals surface area (Å²) < 4.78 is 13.4. The number of rotatable bonds is 10. The first kappa shape index (κ1) is 33.2. The Kier molecular flexibility index (Phi) is 9.64. The number of nitrogens with zero attached hydrogens (tertiary/aromatic N) is 1. The van der Waals surface area contributed by atoms with Crippen LogP contribution in [-0.4, -0.2) is 52.4 Å². The molecule has 1 heterocycles. The van der Waals surface area contributed by atoms with Gasteiger partial charge in [-0.1, -0.05) is 73.7 Å². The molecular formula is C40H51N3O5. The Morgan fingerprint density at radius 2 is 1.58 bits per heavy atom. The quantitative estimate of drug-likeness (QED) is 0.186. The maximum Gasteiger partial charge on any atom is 0.319 e. The number of nitrogens with one attached hydrogen (secondary N) is 2. The van der Waals surface area contributed by atoms with Crippen molar-refractivity contribution in [3.05, 3.63) is 101 Å².